The van der Waals surface area contributed by atoms with Crippen molar-refractivity contribution in [1.82, 2.24) is 5.32 Å². The minimum Gasteiger partial charge on any atom is -0.496 e. The smallest absolute Gasteiger partial charge is 0.122 e. The van der Waals surface area contributed by atoms with Gasteiger partial charge in [-0.3, -0.25) is 0 Å². The summed E-state index contributed by atoms with van der Waals surface area (Å²) in [6.07, 6.45) is 2.16. The number of halogens is 1. The minimum absolute atomic E-state index is 0.475. The van der Waals surface area contributed by atoms with Crippen LogP contribution < -0.4 is 10.1 Å². The Morgan fingerprint density at radius 2 is 2.19 bits per heavy atom. The summed E-state index contributed by atoms with van der Waals surface area (Å²) in [5, 5.41) is 3.48. The fourth-order valence-corrected chi connectivity index (χ4v) is 2.11. The minimum atomic E-state index is 0.475. The van der Waals surface area contributed by atoms with Gasteiger partial charge in [-0.15, -0.1) is 0 Å². The Bertz CT molecular complexity index is 328. The molecule has 1 rings (SSSR count). The first-order valence-corrected chi connectivity index (χ1v) is 6.52. The van der Waals surface area contributed by atoms with Crippen molar-refractivity contribution in [2.45, 2.75) is 32.7 Å². The lowest BCUT2D eigenvalue weighted by atomic mass is 10.1. The van der Waals surface area contributed by atoms with E-state index >= 15 is 0 Å². The third-order valence-electron chi connectivity index (χ3n) is 2.51. The first-order valence-electron chi connectivity index (χ1n) is 5.73. The lowest BCUT2D eigenvalue weighted by Gasteiger charge is -2.15. The van der Waals surface area contributed by atoms with Gasteiger partial charge in [0.25, 0.3) is 0 Å². The average Bonchev–Trinajstić information content (AvgIpc) is 2.27. The largest absolute Gasteiger partial charge is 0.496 e. The van der Waals surface area contributed by atoms with Gasteiger partial charge in [0.05, 0.1) is 7.11 Å². The molecule has 0 heterocycles. The molecule has 1 atom stereocenters. The SMILES string of the molecule is CCCNC(C)Cc1cc(Br)ccc1OC. The molecule has 0 fully saturated rings. The molecule has 1 aromatic rings. The number of hydrogen-bond acceptors (Lipinski definition) is 2. The van der Waals surface area contributed by atoms with Crippen LogP contribution in [0.15, 0.2) is 22.7 Å². The summed E-state index contributed by atoms with van der Waals surface area (Å²) in [7, 11) is 1.72. The zero-order chi connectivity index (χ0) is 12.0. The quantitative estimate of drug-likeness (QED) is 0.865. The van der Waals surface area contributed by atoms with Crippen molar-refractivity contribution in [3.63, 3.8) is 0 Å². The van der Waals surface area contributed by atoms with Gasteiger partial charge in [0.15, 0.2) is 0 Å². The van der Waals surface area contributed by atoms with E-state index in [9.17, 15) is 0 Å². The second-order valence-corrected chi connectivity index (χ2v) is 4.93. The van der Waals surface area contributed by atoms with Crippen LogP contribution in [0.4, 0.5) is 0 Å². The second kappa shape index (κ2) is 6.92. The highest BCUT2D eigenvalue weighted by Crippen LogP contribution is 2.24. The zero-order valence-electron chi connectivity index (χ0n) is 10.2. The molecule has 2 nitrogen and oxygen atoms in total. The third kappa shape index (κ3) is 4.14. The van der Waals surface area contributed by atoms with Crippen LogP contribution in [0, 0.1) is 0 Å². The number of ether oxygens (including phenoxy) is 1. The second-order valence-electron chi connectivity index (χ2n) is 4.02. The Morgan fingerprint density at radius 1 is 1.44 bits per heavy atom. The van der Waals surface area contributed by atoms with Crippen molar-refractivity contribution in [3.05, 3.63) is 28.2 Å². The normalized spacial score (nSPS) is 12.5. The monoisotopic (exact) mass is 285 g/mol. The van der Waals surface area contributed by atoms with Gasteiger partial charge in [-0.25, -0.2) is 0 Å². The molecule has 0 amide bonds. The van der Waals surface area contributed by atoms with Crippen LogP contribution in [0.1, 0.15) is 25.8 Å². The number of nitrogens with one attached hydrogen (secondary N) is 1. The molecule has 0 radical (unpaired) electrons. The van der Waals surface area contributed by atoms with E-state index in [-0.39, 0.29) is 0 Å². The Hall–Kier alpha value is -0.540. The number of methoxy groups -OCH3 is 1. The maximum absolute atomic E-state index is 5.36. The molecule has 0 saturated heterocycles. The lowest BCUT2D eigenvalue weighted by Crippen LogP contribution is -2.28. The molecule has 0 aromatic heterocycles. The fourth-order valence-electron chi connectivity index (χ4n) is 1.70. The maximum Gasteiger partial charge on any atom is 0.122 e. The van der Waals surface area contributed by atoms with E-state index in [2.05, 4.69) is 41.2 Å². The van der Waals surface area contributed by atoms with Gasteiger partial charge in [-0.2, -0.15) is 0 Å². The Labute approximate surface area is 107 Å². The molecule has 0 saturated carbocycles. The molecule has 0 aliphatic carbocycles. The standard InChI is InChI=1S/C13H20BrNO/c1-4-7-15-10(2)8-11-9-12(14)5-6-13(11)16-3/h5-6,9-10,15H,4,7-8H2,1-3H3. The Balaban J connectivity index is 2.67. The summed E-state index contributed by atoms with van der Waals surface area (Å²) < 4.78 is 6.46. The van der Waals surface area contributed by atoms with Crippen LogP contribution in [-0.2, 0) is 6.42 Å². The average molecular weight is 286 g/mol. The third-order valence-corrected chi connectivity index (χ3v) is 3.00. The first-order chi connectivity index (χ1) is 7.67. The molecular weight excluding hydrogens is 266 g/mol. The van der Waals surface area contributed by atoms with Crippen LogP contribution in [0.25, 0.3) is 0 Å². The zero-order valence-corrected chi connectivity index (χ0v) is 11.8. The summed E-state index contributed by atoms with van der Waals surface area (Å²) in [4.78, 5) is 0. The molecule has 90 valence electrons. The van der Waals surface area contributed by atoms with Gasteiger partial charge in [0.1, 0.15) is 5.75 Å². The summed E-state index contributed by atoms with van der Waals surface area (Å²) in [6, 6.07) is 6.62. The number of hydrogen-bond donors (Lipinski definition) is 1. The molecule has 1 aromatic carbocycles. The molecular formula is C13H20BrNO. The first kappa shape index (κ1) is 13.5. The van der Waals surface area contributed by atoms with Gasteiger partial charge in [-0.1, -0.05) is 22.9 Å². The highest BCUT2D eigenvalue weighted by atomic mass is 79.9. The maximum atomic E-state index is 5.36. The van der Waals surface area contributed by atoms with Crippen LogP contribution in [-0.4, -0.2) is 19.7 Å². The van der Waals surface area contributed by atoms with Crippen LogP contribution in [0.3, 0.4) is 0 Å². The Kier molecular flexibility index (Phi) is 5.85. The molecule has 0 bridgehead atoms. The van der Waals surface area contributed by atoms with Crippen molar-refractivity contribution in [2.75, 3.05) is 13.7 Å². The van der Waals surface area contributed by atoms with Crippen molar-refractivity contribution in [2.24, 2.45) is 0 Å². The summed E-state index contributed by atoms with van der Waals surface area (Å²) in [6.45, 7) is 5.45. The predicted molar refractivity (Wildman–Crippen MR) is 72.2 cm³/mol. The number of benzene rings is 1. The molecule has 0 aliphatic rings. The van der Waals surface area contributed by atoms with Crippen molar-refractivity contribution in [3.8, 4) is 5.75 Å². The van der Waals surface area contributed by atoms with Gasteiger partial charge in [-0.05, 0) is 50.1 Å². The fraction of sp³-hybridized carbons (Fsp3) is 0.538. The molecule has 1 N–H and O–H groups in total. The molecule has 16 heavy (non-hydrogen) atoms. The van der Waals surface area contributed by atoms with E-state index in [1.54, 1.807) is 7.11 Å². The van der Waals surface area contributed by atoms with E-state index in [4.69, 9.17) is 4.74 Å². The molecule has 0 aliphatic heterocycles. The van der Waals surface area contributed by atoms with Crippen LogP contribution >= 0.6 is 15.9 Å². The van der Waals surface area contributed by atoms with E-state index in [0.29, 0.717) is 6.04 Å². The molecule has 3 heteroatoms. The summed E-state index contributed by atoms with van der Waals surface area (Å²) >= 11 is 3.49. The van der Waals surface area contributed by atoms with Crippen molar-refractivity contribution in [1.29, 1.82) is 0 Å². The van der Waals surface area contributed by atoms with Gasteiger partial charge >= 0.3 is 0 Å². The summed E-state index contributed by atoms with van der Waals surface area (Å²) in [5.41, 5.74) is 1.24. The van der Waals surface area contributed by atoms with Gasteiger partial charge in [0.2, 0.25) is 0 Å². The Morgan fingerprint density at radius 3 is 2.81 bits per heavy atom. The highest BCUT2D eigenvalue weighted by Gasteiger charge is 2.08. The predicted octanol–water partition coefficient (Wildman–Crippen LogP) is 3.39. The molecule has 1 unspecified atom stereocenters. The van der Waals surface area contributed by atoms with E-state index < -0.39 is 0 Å². The van der Waals surface area contributed by atoms with E-state index in [1.165, 1.54) is 12.0 Å². The van der Waals surface area contributed by atoms with Gasteiger partial charge in [0, 0.05) is 10.5 Å². The van der Waals surface area contributed by atoms with E-state index in [0.717, 1.165) is 23.2 Å². The van der Waals surface area contributed by atoms with E-state index in [1.807, 2.05) is 12.1 Å². The van der Waals surface area contributed by atoms with Crippen molar-refractivity contribution < 1.29 is 4.74 Å². The van der Waals surface area contributed by atoms with Crippen molar-refractivity contribution >= 4 is 15.9 Å². The highest BCUT2D eigenvalue weighted by molar-refractivity contribution is 9.10. The van der Waals surface area contributed by atoms with Crippen LogP contribution in [0.2, 0.25) is 0 Å². The topological polar surface area (TPSA) is 21.3 Å². The van der Waals surface area contributed by atoms with Gasteiger partial charge < -0.3 is 10.1 Å². The van der Waals surface area contributed by atoms with Crippen LogP contribution in [0.5, 0.6) is 5.75 Å². The number of rotatable bonds is 6. The lowest BCUT2D eigenvalue weighted by molar-refractivity contribution is 0.406. The molecule has 0 spiro atoms. The summed E-state index contributed by atoms with van der Waals surface area (Å²) in [5.74, 6) is 0.966.